The lowest BCUT2D eigenvalue weighted by molar-refractivity contribution is 0.239. The normalized spacial score (nSPS) is 14.1. The number of aromatic nitrogens is 2. The van der Waals surface area contributed by atoms with Gasteiger partial charge in [-0.25, -0.2) is 4.79 Å². The summed E-state index contributed by atoms with van der Waals surface area (Å²) in [5.41, 5.74) is 1.98. The number of carbonyl (C=O) groups excluding carboxylic acids is 1. The highest BCUT2D eigenvalue weighted by atomic mass is 16.5. The van der Waals surface area contributed by atoms with Crippen LogP contribution in [0, 0.1) is 6.92 Å². The van der Waals surface area contributed by atoms with E-state index in [0.29, 0.717) is 17.8 Å². The standard InChI is InChI=1S/C14H16N4O2/c1-9-4-2-3-5-11(9)13-17-12(18-20-13)8-15-14(19)16-10-6-7-10/h2-5,10H,6-8H2,1H3,(H2,15,16,19). The molecule has 1 aliphatic rings. The van der Waals surface area contributed by atoms with Crippen LogP contribution in [0.4, 0.5) is 4.79 Å². The number of rotatable bonds is 4. The average molecular weight is 272 g/mol. The van der Waals surface area contributed by atoms with Crippen molar-refractivity contribution in [3.8, 4) is 11.5 Å². The van der Waals surface area contributed by atoms with Crippen molar-refractivity contribution in [2.45, 2.75) is 32.4 Å². The molecule has 104 valence electrons. The second-order valence-corrected chi connectivity index (χ2v) is 4.93. The van der Waals surface area contributed by atoms with Crippen molar-refractivity contribution in [2.75, 3.05) is 0 Å². The number of hydrogen-bond donors (Lipinski definition) is 2. The Morgan fingerprint density at radius 2 is 2.20 bits per heavy atom. The Morgan fingerprint density at radius 3 is 2.95 bits per heavy atom. The highest BCUT2D eigenvalue weighted by Crippen LogP contribution is 2.21. The van der Waals surface area contributed by atoms with Crippen molar-refractivity contribution in [1.29, 1.82) is 0 Å². The van der Waals surface area contributed by atoms with Crippen LogP contribution in [-0.4, -0.2) is 22.2 Å². The van der Waals surface area contributed by atoms with Gasteiger partial charge in [0.1, 0.15) is 0 Å². The van der Waals surface area contributed by atoms with Gasteiger partial charge in [0.2, 0.25) is 0 Å². The first kappa shape index (κ1) is 12.7. The molecule has 1 saturated carbocycles. The zero-order chi connectivity index (χ0) is 13.9. The maximum atomic E-state index is 11.5. The first-order chi connectivity index (χ1) is 9.72. The molecule has 0 atom stereocenters. The number of nitrogens with zero attached hydrogens (tertiary/aromatic N) is 2. The lowest BCUT2D eigenvalue weighted by Gasteiger charge is -2.03. The zero-order valence-corrected chi connectivity index (χ0v) is 11.2. The molecule has 2 amide bonds. The van der Waals surface area contributed by atoms with Gasteiger partial charge in [-0.05, 0) is 31.4 Å². The van der Waals surface area contributed by atoms with Crippen LogP contribution in [0.5, 0.6) is 0 Å². The van der Waals surface area contributed by atoms with E-state index in [0.717, 1.165) is 24.0 Å². The zero-order valence-electron chi connectivity index (χ0n) is 11.2. The Labute approximate surface area is 116 Å². The SMILES string of the molecule is Cc1ccccc1-c1nc(CNC(=O)NC2CC2)no1. The van der Waals surface area contributed by atoms with Crippen molar-refractivity contribution >= 4 is 6.03 Å². The largest absolute Gasteiger partial charge is 0.335 e. The van der Waals surface area contributed by atoms with Gasteiger partial charge in [-0.1, -0.05) is 23.4 Å². The molecule has 1 aromatic carbocycles. The summed E-state index contributed by atoms with van der Waals surface area (Å²) in [5.74, 6) is 0.941. The molecule has 1 fully saturated rings. The lowest BCUT2D eigenvalue weighted by atomic mass is 10.1. The second-order valence-electron chi connectivity index (χ2n) is 4.93. The van der Waals surface area contributed by atoms with E-state index in [1.54, 1.807) is 0 Å². The molecule has 3 rings (SSSR count). The van der Waals surface area contributed by atoms with E-state index in [1.807, 2.05) is 31.2 Å². The summed E-state index contributed by atoms with van der Waals surface area (Å²) >= 11 is 0. The van der Waals surface area contributed by atoms with Crippen molar-refractivity contribution in [3.63, 3.8) is 0 Å². The van der Waals surface area contributed by atoms with Crippen LogP contribution in [0.3, 0.4) is 0 Å². The quantitative estimate of drug-likeness (QED) is 0.892. The van der Waals surface area contributed by atoms with Crippen LogP contribution < -0.4 is 10.6 Å². The Balaban J connectivity index is 1.61. The molecule has 1 heterocycles. The number of benzene rings is 1. The third-order valence-electron chi connectivity index (χ3n) is 3.16. The minimum absolute atomic E-state index is 0.185. The minimum Gasteiger partial charge on any atom is -0.335 e. The third-order valence-corrected chi connectivity index (χ3v) is 3.16. The summed E-state index contributed by atoms with van der Waals surface area (Å²) in [7, 11) is 0. The number of carbonyl (C=O) groups is 1. The highest BCUT2D eigenvalue weighted by Gasteiger charge is 2.23. The maximum Gasteiger partial charge on any atom is 0.315 e. The molecule has 2 aromatic rings. The molecule has 2 N–H and O–H groups in total. The molecule has 1 aromatic heterocycles. The van der Waals surface area contributed by atoms with E-state index in [9.17, 15) is 4.79 Å². The Hall–Kier alpha value is -2.37. The first-order valence-electron chi connectivity index (χ1n) is 6.65. The second kappa shape index (κ2) is 5.32. The van der Waals surface area contributed by atoms with Gasteiger partial charge >= 0.3 is 6.03 Å². The van der Waals surface area contributed by atoms with Crippen LogP contribution in [0.15, 0.2) is 28.8 Å². The molecule has 0 saturated heterocycles. The molecule has 6 nitrogen and oxygen atoms in total. The van der Waals surface area contributed by atoms with Gasteiger partial charge in [-0.15, -0.1) is 0 Å². The van der Waals surface area contributed by atoms with E-state index in [-0.39, 0.29) is 12.6 Å². The summed E-state index contributed by atoms with van der Waals surface area (Å²) < 4.78 is 5.22. The molecule has 0 unspecified atom stereocenters. The van der Waals surface area contributed by atoms with Gasteiger partial charge in [0.05, 0.1) is 6.54 Å². The molecular formula is C14H16N4O2. The number of amides is 2. The van der Waals surface area contributed by atoms with Crippen LogP contribution >= 0.6 is 0 Å². The third kappa shape index (κ3) is 2.96. The predicted molar refractivity (Wildman–Crippen MR) is 72.9 cm³/mol. The summed E-state index contributed by atoms with van der Waals surface area (Å²) in [6.45, 7) is 2.24. The summed E-state index contributed by atoms with van der Waals surface area (Å²) in [4.78, 5) is 15.8. The topological polar surface area (TPSA) is 80.0 Å². The fourth-order valence-corrected chi connectivity index (χ4v) is 1.87. The van der Waals surface area contributed by atoms with Crippen LogP contribution in [0.25, 0.3) is 11.5 Å². The molecular weight excluding hydrogens is 256 g/mol. The van der Waals surface area contributed by atoms with E-state index < -0.39 is 0 Å². The van der Waals surface area contributed by atoms with Crippen LogP contribution in [-0.2, 0) is 6.54 Å². The van der Waals surface area contributed by atoms with Crippen LogP contribution in [0.1, 0.15) is 24.2 Å². The van der Waals surface area contributed by atoms with Gasteiger partial charge in [0.25, 0.3) is 5.89 Å². The molecule has 6 heteroatoms. The molecule has 20 heavy (non-hydrogen) atoms. The van der Waals surface area contributed by atoms with Crippen LogP contribution in [0.2, 0.25) is 0 Å². The first-order valence-corrected chi connectivity index (χ1v) is 6.65. The van der Waals surface area contributed by atoms with Crippen molar-refractivity contribution in [1.82, 2.24) is 20.8 Å². The minimum atomic E-state index is -0.185. The van der Waals surface area contributed by atoms with Gasteiger partial charge in [-0.3, -0.25) is 0 Å². The summed E-state index contributed by atoms with van der Waals surface area (Å²) in [6.07, 6.45) is 2.13. The molecule has 1 aliphatic carbocycles. The monoisotopic (exact) mass is 272 g/mol. The Kier molecular flexibility index (Phi) is 3.37. The summed E-state index contributed by atoms with van der Waals surface area (Å²) in [5, 5.41) is 9.42. The van der Waals surface area contributed by atoms with Gasteiger partial charge < -0.3 is 15.2 Å². The van der Waals surface area contributed by atoms with E-state index in [1.165, 1.54) is 0 Å². The molecule has 0 aliphatic heterocycles. The van der Waals surface area contributed by atoms with Gasteiger partial charge in [0.15, 0.2) is 5.82 Å². The van der Waals surface area contributed by atoms with Gasteiger partial charge in [0, 0.05) is 11.6 Å². The molecule has 0 bridgehead atoms. The maximum absolute atomic E-state index is 11.5. The van der Waals surface area contributed by atoms with E-state index in [4.69, 9.17) is 4.52 Å². The fraction of sp³-hybridized carbons (Fsp3) is 0.357. The van der Waals surface area contributed by atoms with Crippen molar-refractivity contribution in [3.05, 3.63) is 35.7 Å². The highest BCUT2D eigenvalue weighted by molar-refractivity contribution is 5.74. The average Bonchev–Trinajstić information content (AvgIpc) is 3.12. The Morgan fingerprint density at radius 1 is 1.40 bits per heavy atom. The van der Waals surface area contributed by atoms with Crippen molar-refractivity contribution in [2.24, 2.45) is 0 Å². The number of nitrogens with one attached hydrogen (secondary N) is 2. The fourth-order valence-electron chi connectivity index (χ4n) is 1.87. The van der Waals surface area contributed by atoms with E-state index >= 15 is 0 Å². The molecule has 0 spiro atoms. The van der Waals surface area contributed by atoms with Gasteiger partial charge in [-0.2, -0.15) is 4.98 Å². The number of hydrogen-bond acceptors (Lipinski definition) is 4. The van der Waals surface area contributed by atoms with E-state index in [2.05, 4.69) is 20.8 Å². The smallest absolute Gasteiger partial charge is 0.315 e. The number of urea groups is 1. The van der Waals surface area contributed by atoms with Crippen molar-refractivity contribution < 1.29 is 9.32 Å². The number of aryl methyl sites for hydroxylation is 1. The Bertz CT molecular complexity index is 619. The lowest BCUT2D eigenvalue weighted by Crippen LogP contribution is -2.36. The summed E-state index contributed by atoms with van der Waals surface area (Å²) in [6, 6.07) is 7.95. The predicted octanol–water partition coefficient (Wildman–Crippen LogP) is 2.01. The molecule has 0 radical (unpaired) electrons.